The van der Waals surface area contributed by atoms with Crippen molar-refractivity contribution in [2.24, 2.45) is 0 Å². The fourth-order valence-electron chi connectivity index (χ4n) is 7.81. The number of hydrogen-bond donors (Lipinski definition) is 0. The Kier molecular flexibility index (Phi) is 5.60. The minimum absolute atomic E-state index is 0.597. The lowest BCUT2D eigenvalue weighted by molar-refractivity contribution is 0.667. The van der Waals surface area contributed by atoms with Gasteiger partial charge < -0.3 is 4.42 Å². The van der Waals surface area contributed by atoms with E-state index < -0.39 is 0 Å². The Morgan fingerprint density at radius 2 is 1.20 bits per heavy atom. The first-order chi connectivity index (χ1) is 24.8. The third-order valence-corrected chi connectivity index (χ3v) is 10.1. The van der Waals surface area contributed by atoms with E-state index in [1.165, 1.54) is 32.7 Å². The molecule has 0 spiro atoms. The molecule has 232 valence electrons. The number of rotatable bonds is 3. The largest absolute Gasteiger partial charge is 0.452 e. The number of hydrogen-bond acceptors (Lipinski definition) is 5. The fourth-order valence-corrected chi connectivity index (χ4v) is 7.81. The number of benzene rings is 7. The van der Waals surface area contributed by atoms with E-state index in [0.717, 1.165) is 61.1 Å². The summed E-state index contributed by atoms with van der Waals surface area (Å²) in [5.74, 6) is 0.597. The molecule has 0 radical (unpaired) electrons. The van der Waals surface area contributed by atoms with Crippen molar-refractivity contribution >= 4 is 71.8 Å². The van der Waals surface area contributed by atoms with Crippen molar-refractivity contribution in [1.82, 2.24) is 15.0 Å². The maximum atomic E-state index is 6.54. The van der Waals surface area contributed by atoms with Gasteiger partial charge in [0, 0.05) is 39.0 Å². The molecule has 5 nitrogen and oxygen atoms in total. The van der Waals surface area contributed by atoms with Crippen LogP contribution in [0.2, 0.25) is 0 Å². The molecule has 50 heavy (non-hydrogen) atoms. The Hall–Kier alpha value is -6.85. The van der Waals surface area contributed by atoms with Crippen LogP contribution in [-0.4, -0.2) is 15.0 Å². The second kappa shape index (κ2) is 10.3. The lowest BCUT2D eigenvalue weighted by atomic mass is 9.88. The van der Waals surface area contributed by atoms with Crippen LogP contribution in [0.25, 0.3) is 88.0 Å². The maximum Gasteiger partial charge on any atom is 0.236 e. The topological polar surface area (TPSA) is 55.1 Å². The van der Waals surface area contributed by atoms with E-state index >= 15 is 0 Å². The molecule has 0 saturated carbocycles. The predicted molar refractivity (Wildman–Crippen MR) is 204 cm³/mol. The molecule has 0 fully saturated rings. The Balaban J connectivity index is 1.18. The first kappa shape index (κ1) is 27.1. The summed E-state index contributed by atoms with van der Waals surface area (Å²) in [6.07, 6.45) is 1.85. The molecule has 4 heterocycles. The summed E-state index contributed by atoms with van der Waals surface area (Å²) in [4.78, 5) is 17.6. The molecule has 0 amide bonds. The number of para-hydroxylation sites is 2. The monoisotopic (exact) mass is 638 g/mol. The Morgan fingerprint density at radius 1 is 0.480 bits per heavy atom. The molecule has 10 aromatic rings. The van der Waals surface area contributed by atoms with Crippen LogP contribution in [0, 0.1) is 0 Å². The standard InChI is InChI=1S/C45H26N4O/c1-2-14-32-27(9-1)24-25-37-40(32)35-17-5-10-29-11-7-18-36(39(29)35)49(37)45-47-42(44-43(48-45)34-15-3-4-19-38(34)50-44)31-22-20-28(21-23-31)33-16-6-12-30-13-8-26-46-41(30)33/h1-26H. The van der Waals surface area contributed by atoms with E-state index in [0.29, 0.717) is 11.5 Å². The molecule has 0 bridgehead atoms. The summed E-state index contributed by atoms with van der Waals surface area (Å²) in [5.41, 5.74) is 11.6. The lowest BCUT2D eigenvalue weighted by Gasteiger charge is -2.32. The minimum Gasteiger partial charge on any atom is -0.452 e. The zero-order valence-electron chi connectivity index (χ0n) is 26.7. The Morgan fingerprint density at radius 3 is 2.10 bits per heavy atom. The summed E-state index contributed by atoms with van der Waals surface area (Å²) in [6, 6.07) is 53.1. The van der Waals surface area contributed by atoms with Crippen molar-refractivity contribution in [3.8, 4) is 33.5 Å². The quantitative estimate of drug-likeness (QED) is 0.193. The van der Waals surface area contributed by atoms with Crippen LogP contribution < -0.4 is 4.90 Å². The van der Waals surface area contributed by atoms with Crippen molar-refractivity contribution in [2.75, 3.05) is 4.90 Å². The van der Waals surface area contributed by atoms with E-state index in [1.807, 2.05) is 30.5 Å². The molecule has 0 atom stereocenters. The van der Waals surface area contributed by atoms with Crippen molar-refractivity contribution < 1.29 is 4.42 Å². The highest BCUT2D eigenvalue weighted by Crippen LogP contribution is 2.53. The van der Waals surface area contributed by atoms with Gasteiger partial charge in [-0.05, 0) is 57.6 Å². The molecule has 0 N–H and O–H groups in total. The highest BCUT2D eigenvalue weighted by Gasteiger charge is 2.30. The lowest BCUT2D eigenvalue weighted by Crippen LogP contribution is -2.18. The first-order valence-electron chi connectivity index (χ1n) is 16.8. The van der Waals surface area contributed by atoms with Crippen molar-refractivity contribution in [2.45, 2.75) is 0 Å². The van der Waals surface area contributed by atoms with E-state index in [9.17, 15) is 0 Å². The van der Waals surface area contributed by atoms with Crippen molar-refractivity contribution in [1.29, 1.82) is 0 Å². The second-order valence-electron chi connectivity index (χ2n) is 12.8. The highest BCUT2D eigenvalue weighted by molar-refractivity contribution is 6.19. The molecule has 1 aliphatic rings. The number of anilines is 3. The van der Waals surface area contributed by atoms with Gasteiger partial charge in [-0.15, -0.1) is 0 Å². The average molecular weight is 639 g/mol. The molecule has 11 rings (SSSR count). The molecule has 0 saturated heterocycles. The average Bonchev–Trinajstić information content (AvgIpc) is 3.56. The molecular formula is C45H26N4O. The molecular weight excluding hydrogens is 613 g/mol. The number of aromatic nitrogens is 3. The number of nitrogens with zero attached hydrogens (tertiary/aromatic N) is 4. The van der Waals surface area contributed by atoms with E-state index in [4.69, 9.17) is 19.4 Å². The molecule has 1 aliphatic heterocycles. The predicted octanol–water partition coefficient (Wildman–Crippen LogP) is 12.0. The van der Waals surface area contributed by atoms with Gasteiger partial charge in [0.2, 0.25) is 5.95 Å². The third kappa shape index (κ3) is 3.86. The van der Waals surface area contributed by atoms with Gasteiger partial charge in [0.1, 0.15) is 16.8 Å². The zero-order valence-corrected chi connectivity index (χ0v) is 26.7. The number of furan rings is 1. The van der Waals surface area contributed by atoms with Gasteiger partial charge in [-0.1, -0.05) is 121 Å². The van der Waals surface area contributed by atoms with Crippen LogP contribution in [0.1, 0.15) is 0 Å². The molecule has 5 heteroatoms. The first-order valence-corrected chi connectivity index (χ1v) is 16.8. The highest BCUT2D eigenvalue weighted by atomic mass is 16.3. The maximum absolute atomic E-state index is 6.54. The number of pyridine rings is 1. The van der Waals surface area contributed by atoms with E-state index in [-0.39, 0.29) is 0 Å². The third-order valence-electron chi connectivity index (χ3n) is 10.1. The van der Waals surface area contributed by atoms with E-state index in [2.05, 4.69) is 132 Å². The molecule has 3 aromatic heterocycles. The molecule has 0 unspecified atom stereocenters. The van der Waals surface area contributed by atoms with Gasteiger partial charge in [0.05, 0.1) is 16.9 Å². The molecule has 7 aromatic carbocycles. The van der Waals surface area contributed by atoms with Crippen molar-refractivity contribution in [3.05, 3.63) is 158 Å². The fraction of sp³-hybridized carbons (Fsp3) is 0. The minimum atomic E-state index is 0.597. The van der Waals surface area contributed by atoms with Crippen LogP contribution in [0.4, 0.5) is 17.3 Å². The number of fused-ring (bicyclic) bond motifs is 8. The summed E-state index contributed by atoms with van der Waals surface area (Å²) in [5, 5.41) is 6.84. The summed E-state index contributed by atoms with van der Waals surface area (Å²) >= 11 is 0. The summed E-state index contributed by atoms with van der Waals surface area (Å²) in [7, 11) is 0. The zero-order chi connectivity index (χ0) is 32.8. The van der Waals surface area contributed by atoms with Crippen LogP contribution in [0.3, 0.4) is 0 Å². The van der Waals surface area contributed by atoms with Crippen LogP contribution in [0.15, 0.2) is 162 Å². The van der Waals surface area contributed by atoms with E-state index in [1.54, 1.807) is 0 Å². The van der Waals surface area contributed by atoms with Gasteiger partial charge in [-0.2, -0.15) is 0 Å². The second-order valence-corrected chi connectivity index (χ2v) is 12.8. The van der Waals surface area contributed by atoms with Gasteiger partial charge in [0.25, 0.3) is 0 Å². The summed E-state index contributed by atoms with van der Waals surface area (Å²) in [6.45, 7) is 0. The van der Waals surface area contributed by atoms with Gasteiger partial charge in [0.15, 0.2) is 5.58 Å². The van der Waals surface area contributed by atoms with Crippen LogP contribution in [-0.2, 0) is 0 Å². The van der Waals surface area contributed by atoms with Gasteiger partial charge in [-0.25, -0.2) is 9.97 Å². The molecule has 0 aliphatic carbocycles. The summed E-state index contributed by atoms with van der Waals surface area (Å²) < 4.78 is 6.54. The Bertz CT molecular complexity index is 2990. The van der Waals surface area contributed by atoms with Gasteiger partial charge in [-0.3, -0.25) is 9.88 Å². The smallest absolute Gasteiger partial charge is 0.236 e. The normalized spacial score (nSPS) is 12.4. The van der Waals surface area contributed by atoms with Gasteiger partial charge >= 0.3 is 0 Å². The Labute approximate surface area is 286 Å². The SMILES string of the molecule is c1ccc2c3c(ccc2c1)N(c1nc(-c2ccc(-c4cccc5cccnc45)cc2)c2oc4ccccc4c2n1)c1cccc2cccc-3c12. The van der Waals surface area contributed by atoms with Crippen LogP contribution >= 0.6 is 0 Å². The van der Waals surface area contributed by atoms with Crippen molar-refractivity contribution in [3.63, 3.8) is 0 Å². The van der Waals surface area contributed by atoms with Crippen LogP contribution in [0.5, 0.6) is 0 Å².